The Morgan fingerprint density at radius 2 is 2.00 bits per heavy atom. The van der Waals surface area contributed by atoms with Crippen LogP contribution in [0.5, 0.6) is 0 Å². The molecule has 0 aliphatic carbocycles. The fraction of sp³-hybridized carbons (Fsp3) is 0.538. The summed E-state index contributed by atoms with van der Waals surface area (Å²) in [6, 6.07) is 5.50. The van der Waals surface area contributed by atoms with Gasteiger partial charge in [0.1, 0.15) is 0 Å². The molecule has 0 amide bonds. The highest BCUT2D eigenvalue weighted by molar-refractivity contribution is 6.30. The number of rotatable bonds is 4. The normalized spacial score (nSPS) is 11.8. The molecule has 1 rings (SSSR count). The minimum Gasteiger partial charge on any atom is -0.398 e. The lowest BCUT2D eigenvalue weighted by Crippen LogP contribution is -2.09. The Labute approximate surface area is 103 Å². The average Bonchev–Trinajstić information content (AvgIpc) is 2.13. The first-order chi connectivity index (χ1) is 7.38. The SMILES string of the molecule is CC(C)(C)CCOCc1ccc(Cl)cc1N. The summed E-state index contributed by atoms with van der Waals surface area (Å²) in [4.78, 5) is 0. The van der Waals surface area contributed by atoms with E-state index < -0.39 is 0 Å². The van der Waals surface area contributed by atoms with Gasteiger partial charge in [-0.2, -0.15) is 0 Å². The van der Waals surface area contributed by atoms with Gasteiger partial charge in [0.2, 0.25) is 0 Å². The van der Waals surface area contributed by atoms with E-state index in [9.17, 15) is 0 Å². The van der Waals surface area contributed by atoms with Crippen molar-refractivity contribution in [2.24, 2.45) is 5.41 Å². The Bertz CT molecular complexity index is 344. The van der Waals surface area contributed by atoms with Crippen LogP contribution < -0.4 is 5.73 Å². The van der Waals surface area contributed by atoms with E-state index in [2.05, 4.69) is 20.8 Å². The molecule has 2 N–H and O–H groups in total. The molecular weight excluding hydrogens is 222 g/mol. The third-order valence-corrected chi connectivity index (χ3v) is 2.60. The molecule has 3 heteroatoms. The third kappa shape index (κ3) is 4.86. The monoisotopic (exact) mass is 241 g/mol. The molecule has 0 aromatic heterocycles. The van der Waals surface area contributed by atoms with Gasteiger partial charge in [0.15, 0.2) is 0 Å². The van der Waals surface area contributed by atoms with Gasteiger partial charge >= 0.3 is 0 Å². The van der Waals surface area contributed by atoms with E-state index in [1.54, 1.807) is 6.07 Å². The Morgan fingerprint density at radius 1 is 1.31 bits per heavy atom. The zero-order valence-corrected chi connectivity index (χ0v) is 11.0. The second kappa shape index (κ2) is 5.55. The molecule has 0 heterocycles. The summed E-state index contributed by atoms with van der Waals surface area (Å²) in [5.41, 5.74) is 7.83. The van der Waals surface area contributed by atoms with Crippen molar-refractivity contribution in [3.05, 3.63) is 28.8 Å². The smallest absolute Gasteiger partial charge is 0.0736 e. The van der Waals surface area contributed by atoms with Gasteiger partial charge in [-0.25, -0.2) is 0 Å². The second-order valence-corrected chi connectivity index (χ2v) is 5.64. The number of ether oxygens (including phenoxy) is 1. The van der Waals surface area contributed by atoms with Crippen LogP contribution in [0.15, 0.2) is 18.2 Å². The van der Waals surface area contributed by atoms with Crippen LogP contribution in [0.1, 0.15) is 32.8 Å². The van der Waals surface area contributed by atoms with Gasteiger partial charge in [-0.1, -0.05) is 38.4 Å². The van der Waals surface area contributed by atoms with Gasteiger partial charge in [0, 0.05) is 22.9 Å². The van der Waals surface area contributed by atoms with Crippen LogP contribution in [-0.4, -0.2) is 6.61 Å². The first-order valence-corrected chi connectivity index (χ1v) is 5.88. The minimum absolute atomic E-state index is 0.311. The van der Waals surface area contributed by atoms with Gasteiger partial charge in [-0.15, -0.1) is 0 Å². The van der Waals surface area contributed by atoms with Gasteiger partial charge in [0.05, 0.1) is 6.61 Å². The van der Waals surface area contributed by atoms with Crippen molar-refractivity contribution in [2.75, 3.05) is 12.3 Å². The number of anilines is 1. The topological polar surface area (TPSA) is 35.2 Å². The zero-order chi connectivity index (χ0) is 12.2. The lowest BCUT2D eigenvalue weighted by molar-refractivity contribution is 0.0966. The number of hydrogen-bond donors (Lipinski definition) is 1. The van der Waals surface area contributed by atoms with Gasteiger partial charge < -0.3 is 10.5 Å². The molecule has 0 bridgehead atoms. The summed E-state index contributed by atoms with van der Waals surface area (Å²) in [6.07, 6.45) is 1.04. The number of hydrogen-bond acceptors (Lipinski definition) is 2. The molecule has 16 heavy (non-hydrogen) atoms. The summed E-state index contributed by atoms with van der Waals surface area (Å²) < 4.78 is 5.59. The van der Waals surface area contributed by atoms with Crippen LogP contribution in [0, 0.1) is 5.41 Å². The Balaban J connectivity index is 2.38. The van der Waals surface area contributed by atoms with E-state index in [1.165, 1.54) is 0 Å². The third-order valence-electron chi connectivity index (χ3n) is 2.36. The molecule has 1 aromatic rings. The number of nitrogens with two attached hydrogens (primary N) is 1. The molecule has 0 aliphatic heterocycles. The van der Waals surface area contributed by atoms with E-state index in [4.69, 9.17) is 22.1 Å². The lowest BCUT2D eigenvalue weighted by atomic mass is 9.93. The molecule has 0 radical (unpaired) electrons. The van der Waals surface area contributed by atoms with E-state index in [0.29, 0.717) is 22.7 Å². The van der Waals surface area contributed by atoms with Gasteiger partial charge in [0.25, 0.3) is 0 Å². The first-order valence-electron chi connectivity index (χ1n) is 5.50. The fourth-order valence-corrected chi connectivity index (χ4v) is 1.44. The van der Waals surface area contributed by atoms with E-state index in [-0.39, 0.29) is 0 Å². The molecular formula is C13H20ClNO. The molecule has 2 nitrogen and oxygen atoms in total. The molecule has 90 valence electrons. The molecule has 0 unspecified atom stereocenters. The number of halogens is 1. The highest BCUT2D eigenvalue weighted by atomic mass is 35.5. The first kappa shape index (κ1) is 13.3. The van der Waals surface area contributed by atoms with Gasteiger partial charge in [-0.05, 0) is 24.0 Å². The van der Waals surface area contributed by atoms with Gasteiger partial charge in [-0.3, -0.25) is 0 Å². The molecule has 0 spiro atoms. The number of benzene rings is 1. The average molecular weight is 242 g/mol. The summed E-state index contributed by atoms with van der Waals surface area (Å²) in [5, 5.41) is 0.663. The highest BCUT2D eigenvalue weighted by Crippen LogP contribution is 2.21. The summed E-state index contributed by atoms with van der Waals surface area (Å²) in [7, 11) is 0. The Morgan fingerprint density at radius 3 is 2.56 bits per heavy atom. The van der Waals surface area contributed by atoms with Crippen LogP contribution >= 0.6 is 11.6 Å². The minimum atomic E-state index is 0.311. The molecule has 0 saturated heterocycles. The standard InChI is InChI=1S/C13H20ClNO/c1-13(2,3)6-7-16-9-10-4-5-11(14)8-12(10)15/h4-5,8H,6-7,9,15H2,1-3H3. The molecule has 1 aromatic carbocycles. The summed E-state index contributed by atoms with van der Waals surface area (Å²) in [5.74, 6) is 0. The molecule has 0 atom stereocenters. The van der Waals surface area contributed by atoms with Crippen molar-refractivity contribution >= 4 is 17.3 Å². The van der Waals surface area contributed by atoms with Crippen molar-refractivity contribution in [1.29, 1.82) is 0 Å². The number of nitrogen functional groups attached to an aromatic ring is 1. The molecule has 0 aliphatic rings. The van der Waals surface area contributed by atoms with Crippen LogP contribution in [0.25, 0.3) is 0 Å². The van der Waals surface area contributed by atoms with E-state index in [1.807, 2.05) is 12.1 Å². The van der Waals surface area contributed by atoms with E-state index in [0.717, 1.165) is 18.6 Å². The van der Waals surface area contributed by atoms with Crippen molar-refractivity contribution in [3.63, 3.8) is 0 Å². The van der Waals surface area contributed by atoms with Crippen molar-refractivity contribution in [2.45, 2.75) is 33.8 Å². The zero-order valence-electron chi connectivity index (χ0n) is 10.2. The Hall–Kier alpha value is -0.730. The van der Waals surface area contributed by atoms with Crippen molar-refractivity contribution < 1.29 is 4.74 Å². The predicted molar refractivity (Wildman–Crippen MR) is 69.6 cm³/mol. The molecule has 0 saturated carbocycles. The lowest BCUT2D eigenvalue weighted by Gasteiger charge is -2.17. The maximum absolute atomic E-state index is 5.82. The van der Waals surface area contributed by atoms with Crippen molar-refractivity contribution in [3.8, 4) is 0 Å². The predicted octanol–water partition coefficient (Wildman–Crippen LogP) is 3.88. The second-order valence-electron chi connectivity index (χ2n) is 5.21. The largest absolute Gasteiger partial charge is 0.398 e. The quantitative estimate of drug-likeness (QED) is 0.642. The fourth-order valence-electron chi connectivity index (χ4n) is 1.26. The van der Waals surface area contributed by atoms with Crippen LogP contribution in [0.2, 0.25) is 5.02 Å². The summed E-state index contributed by atoms with van der Waals surface area (Å²) >= 11 is 5.82. The molecule has 0 fully saturated rings. The Kier molecular flexibility index (Phi) is 4.63. The van der Waals surface area contributed by atoms with Crippen LogP contribution in [0.3, 0.4) is 0 Å². The summed E-state index contributed by atoms with van der Waals surface area (Å²) in [6.45, 7) is 7.91. The highest BCUT2D eigenvalue weighted by Gasteiger charge is 2.09. The maximum atomic E-state index is 5.82. The van der Waals surface area contributed by atoms with Crippen LogP contribution in [0.4, 0.5) is 5.69 Å². The van der Waals surface area contributed by atoms with Crippen molar-refractivity contribution in [1.82, 2.24) is 0 Å². The van der Waals surface area contributed by atoms with E-state index >= 15 is 0 Å². The van der Waals surface area contributed by atoms with Crippen LogP contribution in [-0.2, 0) is 11.3 Å². The maximum Gasteiger partial charge on any atom is 0.0736 e.